The number of amides is 2. The lowest BCUT2D eigenvalue weighted by atomic mass is 9.87. The Balaban J connectivity index is 1.49. The number of hydrogen-bond donors (Lipinski definition) is 0. The number of rotatable bonds is 5. The Kier molecular flexibility index (Phi) is 6.91. The lowest BCUT2D eigenvalue weighted by Gasteiger charge is -2.38. The van der Waals surface area contributed by atoms with E-state index in [2.05, 4.69) is 42.2 Å². The van der Waals surface area contributed by atoms with Gasteiger partial charge in [0.2, 0.25) is 11.8 Å². The molecular formula is C27H35N3O3. The van der Waals surface area contributed by atoms with Gasteiger partial charge in [-0.15, -0.1) is 0 Å². The van der Waals surface area contributed by atoms with Crippen molar-refractivity contribution in [3.63, 3.8) is 0 Å². The number of carbonyl (C=O) groups is 2. The number of benzene rings is 2. The number of para-hydroxylation sites is 2. The van der Waals surface area contributed by atoms with Crippen molar-refractivity contribution in [1.82, 2.24) is 9.80 Å². The van der Waals surface area contributed by atoms with Gasteiger partial charge < -0.3 is 19.4 Å². The summed E-state index contributed by atoms with van der Waals surface area (Å²) in [6.45, 7) is 9.91. The van der Waals surface area contributed by atoms with Crippen molar-refractivity contribution in [2.45, 2.75) is 26.7 Å². The van der Waals surface area contributed by atoms with Gasteiger partial charge in [-0.05, 0) is 24.6 Å². The molecule has 0 radical (unpaired) electrons. The Labute approximate surface area is 197 Å². The SMILES string of the molecule is COc1ccccc1N1CCN(C(=O)C2CN(C(=O)C(C)C)CC2c2ccc(C)cc2)CC1. The van der Waals surface area contributed by atoms with Crippen LogP contribution < -0.4 is 9.64 Å². The van der Waals surface area contributed by atoms with E-state index in [0.29, 0.717) is 26.2 Å². The zero-order valence-electron chi connectivity index (χ0n) is 20.2. The van der Waals surface area contributed by atoms with E-state index < -0.39 is 0 Å². The summed E-state index contributed by atoms with van der Waals surface area (Å²) in [5, 5.41) is 0. The van der Waals surface area contributed by atoms with E-state index in [1.165, 1.54) is 5.56 Å². The van der Waals surface area contributed by atoms with Crippen molar-refractivity contribution in [3.05, 3.63) is 59.7 Å². The van der Waals surface area contributed by atoms with Gasteiger partial charge in [0.05, 0.1) is 18.7 Å². The summed E-state index contributed by atoms with van der Waals surface area (Å²) in [5.74, 6) is 0.918. The van der Waals surface area contributed by atoms with Crippen LogP contribution in [0.3, 0.4) is 0 Å². The van der Waals surface area contributed by atoms with Gasteiger partial charge in [0, 0.05) is 51.1 Å². The Morgan fingerprint density at radius 3 is 2.21 bits per heavy atom. The molecular weight excluding hydrogens is 414 g/mol. The quantitative estimate of drug-likeness (QED) is 0.701. The first-order valence-corrected chi connectivity index (χ1v) is 11.9. The molecule has 0 spiro atoms. The Bertz CT molecular complexity index is 980. The normalized spacial score (nSPS) is 20.9. The molecule has 2 aromatic rings. The maximum Gasteiger partial charge on any atom is 0.228 e. The van der Waals surface area contributed by atoms with Crippen LogP contribution in [0.2, 0.25) is 0 Å². The second-order valence-corrected chi connectivity index (χ2v) is 9.51. The Morgan fingerprint density at radius 2 is 1.58 bits per heavy atom. The smallest absolute Gasteiger partial charge is 0.228 e. The number of aryl methyl sites for hydroxylation is 1. The van der Waals surface area contributed by atoms with Crippen molar-refractivity contribution in [3.8, 4) is 5.75 Å². The van der Waals surface area contributed by atoms with Crippen LogP contribution in [0.15, 0.2) is 48.5 Å². The fourth-order valence-corrected chi connectivity index (χ4v) is 5.04. The lowest BCUT2D eigenvalue weighted by Crippen LogP contribution is -2.51. The van der Waals surface area contributed by atoms with E-state index in [9.17, 15) is 9.59 Å². The molecule has 0 aromatic heterocycles. The summed E-state index contributed by atoms with van der Waals surface area (Å²) in [7, 11) is 1.69. The fourth-order valence-electron chi connectivity index (χ4n) is 5.04. The molecule has 0 saturated carbocycles. The second kappa shape index (κ2) is 9.86. The predicted molar refractivity (Wildman–Crippen MR) is 131 cm³/mol. The first kappa shape index (κ1) is 23.1. The van der Waals surface area contributed by atoms with E-state index in [0.717, 1.165) is 30.1 Å². The maximum atomic E-state index is 13.7. The molecule has 2 amide bonds. The van der Waals surface area contributed by atoms with Crippen molar-refractivity contribution in [1.29, 1.82) is 0 Å². The first-order valence-electron chi connectivity index (χ1n) is 11.9. The Hall–Kier alpha value is -3.02. The number of methoxy groups -OCH3 is 1. The highest BCUT2D eigenvalue weighted by atomic mass is 16.5. The molecule has 2 aliphatic rings. The van der Waals surface area contributed by atoms with Crippen LogP contribution in [0.5, 0.6) is 5.75 Å². The molecule has 33 heavy (non-hydrogen) atoms. The van der Waals surface area contributed by atoms with Gasteiger partial charge >= 0.3 is 0 Å². The molecule has 2 unspecified atom stereocenters. The summed E-state index contributed by atoms with van der Waals surface area (Å²) in [6, 6.07) is 16.4. The molecule has 176 valence electrons. The summed E-state index contributed by atoms with van der Waals surface area (Å²) < 4.78 is 5.52. The van der Waals surface area contributed by atoms with Gasteiger partial charge in [-0.2, -0.15) is 0 Å². The summed E-state index contributed by atoms with van der Waals surface area (Å²) in [5.41, 5.74) is 3.41. The fraction of sp³-hybridized carbons (Fsp3) is 0.481. The molecule has 0 aliphatic carbocycles. The van der Waals surface area contributed by atoms with Gasteiger partial charge in [-0.25, -0.2) is 0 Å². The number of anilines is 1. The topological polar surface area (TPSA) is 53.1 Å². The van der Waals surface area contributed by atoms with Crippen molar-refractivity contribution >= 4 is 17.5 Å². The molecule has 4 rings (SSSR count). The highest BCUT2D eigenvalue weighted by Crippen LogP contribution is 2.36. The first-order chi connectivity index (χ1) is 15.9. The van der Waals surface area contributed by atoms with Crippen molar-refractivity contribution < 1.29 is 14.3 Å². The number of likely N-dealkylation sites (tertiary alicyclic amines) is 1. The van der Waals surface area contributed by atoms with E-state index in [1.54, 1.807) is 7.11 Å². The van der Waals surface area contributed by atoms with Crippen molar-refractivity contribution in [2.24, 2.45) is 11.8 Å². The molecule has 0 N–H and O–H groups in total. The maximum absolute atomic E-state index is 13.7. The highest BCUT2D eigenvalue weighted by Gasteiger charge is 2.42. The number of carbonyl (C=O) groups excluding carboxylic acids is 2. The lowest BCUT2D eigenvalue weighted by molar-refractivity contribution is -0.136. The summed E-state index contributed by atoms with van der Waals surface area (Å²) in [6.07, 6.45) is 0. The third kappa shape index (κ3) is 4.85. The van der Waals surface area contributed by atoms with E-state index in [1.807, 2.05) is 41.8 Å². The van der Waals surface area contributed by atoms with Crippen LogP contribution in [-0.2, 0) is 9.59 Å². The van der Waals surface area contributed by atoms with Crippen LogP contribution in [-0.4, -0.2) is 68.0 Å². The monoisotopic (exact) mass is 449 g/mol. The average Bonchev–Trinajstić information content (AvgIpc) is 3.29. The summed E-state index contributed by atoms with van der Waals surface area (Å²) >= 11 is 0. The molecule has 2 saturated heterocycles. The van der Waals surface area contributed by atoms with Gasteiger partial charge in [-0.1, -0.05) is 55.8 Å². The molecule has 0 bridgehead atoms. The zero-order chi connectivity index (χ0) is 23.5. The molecule has 2 aliphatic heterocycles. The Morgan fingerprint density at radius 1 is 0.909 bits per heavy atom. The van der Waals surface area contributed by atoms with Crippen LogP contribution in [0.1, 0.15) is 30.9 Å². The standard InChI is InChI=1S/C27H35N3O3/c1-19(2)26(31)30-17-22(21-11-9-20(3)10-12-21)23(18-30)27(32)29-15-13-28(14-16-29)24-7-5-6-8-25(24)33-4/h5-12,19,22-23H,13-18H2,1-4H3. The van der Waals surface area contributed by atoms with Gasteiger partial charge in [0.1, 0.15) is 5.75 Å². The minimum Gasteiger partial charge on any atom is -0.495 e. The van der Waals surface area contributed by atoms with E-state index >= 15 is 0 Å². The minimum atomic E-state index is -0.201. The van der Waals surface area contributed by atoms with Crippen LogP contribution >= 0.6 is 0 Å². The summed E-state index contributed by atoms with van der Waals surface area (Å²) in [4.78, 5) is 32.6. The van der Waals surface area contributed by atoms with E-state index in [-0.39, 0.29) is 29.6 Å². The average molecular weight is 450 g/mol. The number of nitrogens with zero attached hydrogens (tertiary/aromatic N) is 3. The van der Waals surface area contributed by atoms with Gasteiger partial charge in [-0.3, -0.25) is 9.59 Å². The number of piperazine rings is 1. The molecule has 6 nitrogen and oxygen atoms in total. The predicted octanol–water partition coefficient (Wildman–Crippen LogP) is 3.55. The van der Waals surface area contributed by atoms with Gasteiger partial charge in [0.15, 0.2) is 0 Å². The van der Waals surface area contributed by atoms with Crippen molar-refractivity contribution in [2.75, 3.05) is 51.3 Å². The number of hydrogen-bond acceptors (Lipinski definition) is 4. The molecule has 2 fully saturated rings. The largest absolute Gasteiger partial charge is 0.495 e. The molecule has 2 atom stereocenters. The second-order valence-electron chi connectivity index (χ2n) is 9.51. The minimum absolute atomic E-state index is 0.0352. The third-order valence-corrected chi connectivity index (χ3v) is 6.97. The van der Waals surface area contributed by atoms with Gasteiger partial charge in [0.25, 0.3) is 0 Å². The van der Waals surface area contributed by atoms with Crippen LogP contribution in [0.25, 0.3) is 0 Å². The highest BCUT2D eigenvalue weighted by molar-refractivity contribution is 5.84. The third-order valence-electron chi connectivity index (χ3n) is 6.97. The molecule has 6 heteroatoms. The number of ether oxygens (including phenoxy) is 1. The van der Waals surface area contributed by atoms with E-state index in [4.69, 9.17) is 4.74 Å². The zero-order valence-corrected chi connectivity index (χ0v) is 20.2. The van der Waals surface area contributed by atoms with Crippen LogP contribution in [0, 0.1) is 18.8 Å². The molecule has 2 aromatic carbocycles. The van der Waals surface area contributed by atoms with Crippen LogP contribution in [0.4, 0.5) is 5.69 Å². The molecule has 2 heterocycles.